The molecule has 1 aliphatic carbocycles. The topological polar surface area (TPSA) is 95.6 Å². The number of carbonyl (C=O) groups is 1. The van der Waals surface area contributed by atoms with Crippen molar-refractivity contribution in [2.24, 2.45) is 5.92 Å². The number of nitrogen functional groups attached to an aromatic ring is 1. The van der Waals surface area contributed by atoms with E-state index < -0.39 is 0 Å². The number of rotatable bonds is 10. The molecule has 0 unspecified atom stereocenters. The van der Waals surface area contributed by atoms with Crippen molar-refractivity contribution >= 4 is 17.4 Å². The van der Waals surface area contributed by atoms with E-state index in [2.05, 4.69) is 44.8 Å². The van der Waals surface area contributed by atoms with Crippen LogP contribution in [0.3, 0.4) is 0 Å². The maximum atomic E-state index is 13.3. The predicted octanol–water partition coefficient (Wildman–Crippen LogP) is 4.14. The molecule has 0 spiro atoms. The van der Waals surface area contributed by atoms with Gasteiger partial charge in [0.2, 0.25) is 5.88 Å². The Hall–Kier alpha value is -3.16. The maximum absolute atomic E-state index is 13.3. The van der Waals surface area contributed by atoms with Crippen LogP contribution in [0.2, 0.25) is 0 Å². The zero-order valence-electron chi connectivity index (χ0n) is 20.9. The molecule has 4 rings (SSSR count). The minimum Gasteiger partial charge on any atom is -0.493 e. The third-order valence-electron chi connectivity index (χ3n) is 6.26. The van der Waals surface area contributed by atoms with Gasteiger partial charge in [0.1, 0.15) is 11.9 Å². The molecule has 182 valence electrons. The van der Waals surface area contributed by atoms with Gasteiger partial charge in [-0.05, 0) is 60.8 Å². The number of hydrogen-bond acceptors (Lipinski definition) is 6. The van der Waals surface area contributed by atoms with Gasteiger partial charge < -0.3 is 9.47 Å². The summed E-state index contributed by atoms with van der Waals surface area (Å²) in [5.41, 5.74) is 8.41. The second-order valence-corrected chi connectivity index (χ2v) is 10.2. The molecule has 8 heteroatoms. The van der Waals surface area contributed by atoms with E-state index in [0.717, 1.165) is 24.2 Å². The Morgan fingerprint density at radius 2 is 1.94 bits per heavy atom. The minimum atomic E-state index is -0.113. The highest BCUT2D eigenvalue weighted by Gasteiger charge is 2.25. The fraction of sp³-hybridized carbons (Fsp3) is 0.538. The molecule has 1 aliphatic rings. The number of aromatic nitrogens is 4. The van der Waals surface area contributed by atoms with Crippen molar-refractivity contribution in [3.8, 4) is 11.6 Å². The number of fused-ring (bicyclic) bond motifs is 1. The van der Waals surface area contributed by atoms with Gasteiger partial charge in [-0.15, -0.1) is 4.68 Å². The monoisotopic (exact) mass is 466 g/mol. The standard InChI is InChI=1S/C26H35N5O3/c1-6-20(7-2)34-24-11-10-23-28-30(25(27)31(23)29-24)15-22(32)18-12-19(26(3,4)5)14-21(13-18)33-16-17-8-9-17/h10-14,17,20,27H,6-9,15-16H2,1-5H3/p+1. The first-order valence-electron chi connectivity index (χ1n) is 12.2. The Morgan fingerprint density at radius 3 is 2.59 bits per heavy atom. The lowest BCUT2D eigenvalue weighted by atomic mass is 9.85. The van der Waals surface area contributed by atoms with Crippen molar-refractivity contribution in [2.75, 3.05) is 12.3 Å². The Kier molecular flexibility index (Phi) is 6.77. The lowest BCUT2D eigenvalue weighted by Crippen LogP contribution is -2.42. The summed E-state index contributed by atoms with van der Waals surface area (Å²) in [6.07, 6.45) is 4.31. The number of benzene rings is 1. The van der Waals surface area contributed by atoms with E-state index in [1.807, 2.05) is 18.2 Å². The van der Waals surface area contributed by atoms with Crippen molar-refractivity contribution in [2.45, 2.75) is 78.4 Å². The van der Waals surface area contributed by atoms with Gasteiger partial charge in [0, 0.05) is 17.7 Å². The first-order valence-corrected chi connectivity index (χ1v) is 12.2. The Labute approximate surface area is 201 Å². The van der Waals surface area contributed by atoms with E-state index in [-0.39, 0.29) is 29.8 Å². The van der Waals surface area contributed by atoms with Gasteiger partial charge >= 0.3 is 5.95 Å². The fourth-order valence-corrected chi connectivity index (χ4v) is 3.74. The summed E-state index contributed by atoms with van der Waals surface area (Å²) in [4.78, 5) is 13.3. The first kappa shape index (κ1) is 24.0. The largest absolute Gasteiger partial charge is 0.493 e. The normalized spacial score (nSPS) is 14.1. The van der Waals surface area contributed by atoms with E-state index in [4.69, 9.17) is 15.2 Å². The molecule has 0 radical (unpaired) electrons. The molecule has 3 aromatic rings. The van der Waals surface area contributed by atoms with Crippen molar-refractivity contribution in [3.63, 3.8) is 0 Å². The number of ketones is 1. The highest BCUT2D eigenvalue weighted by atomic mass is 16.5. The molecule has 0 saturated heterocycles. The molecule has 0 bridgehead atoms. The third kappa shape index (κ3) is 5.48. The van der Waals surface area contributed by atoms with E-state index in [1.54, 1.807) is 12.1 Å². The van der Waals surface area contributed by atoms with Crippen LogP contribution in [-0.4, -0.2) is 33.2 Å². The average molecular weight is 467 g/mol. The van der Waals surface area contributed by atoms with Crippen LogP contribution in [0.4, 0.5) is 5.95 Å². The van der Waals surface area contributed by atoms with E-state index >= 15 is 0 Å². The maximum Gasteiger partial charge on any atom is 0.401 e. The molecule has 1 aromatic carbocycles. The molecule has 0 aliphatic heterocycles. The van der Waals surface area contributed by atoms with Crippen molar-refractivity contribution < 1.29 is 19.0 Å². The van der Waals surface area contributed by atoms with Crippen LogP contribution < -0.4 is 19.9 Å². The predicted molar refractivity (Wildman–Crippen MR) is 130 cm³/mol. The highest BCUT2D eigenvalue weighted by molar-refractivity contribution is 5.95. The summed E-state index contributed by atoms with van der Waals surface area (Å²) >= 11 is 0. The summed E-state index contributed by atoms with van der Waals surface area (Å²) in [5.74, 6) is 2.04. The number of carbonyl (C=O) groups excluding carboxylic acids is 1. The zero-order valence-corrected chi connectivity index (χ0v) is 20.9. The average Bonchev–Trinajstić information content (AvgIpc) is 3.59. The van der Waals surface area contributed by atoms with Gasteiger partial charge in [0.05, 0.1) is 6.61 Å². The molecule has 2 heterocycles. The zero-order chi connectivity index (χ0) is 24.5. The molecule has 0 amide bonds. The number of anilines is 1. The van der Waals surface area contributed by atoms with Crippen LogP contribution in [-0.2, 0) is 12.0 Å². The Morgan fingerprint density at radius 1 is 1.21 bits per heavy atom. The number of nitrogens with two attached hydrogens (primary N) is 1. The van der Waals surface area contributed by atoms with Crippen LogP contribution in [0.1, 0.15) is 76.2 Å². The van der Waals surface area contributed by atoms with Gasteiger partial charge in [0.25, 0.3) is 5.65 Å². The van der Waals surface area contributed by atoms with Crippen LogP contribution in [0.5, 0.6) is 11.6 Å². The van der Waals surface area contributed by atoms with Gasteiger partial charge in [-0.3, -0.25) is 10.5 Å². The van der Waals surface area contributed by atoms with Crippen LogP contribution in [0.15, 0.2) is 30.3 Å². The van der Waals surface area contributed by atoms with E-state index in [1.165, 1.54) is 22.0 Å². The lowest BCUT2D eigenvalue weighted by Gasteiger charge is -2.21. The summed E-state index contributed by atoms with van der Waals surface area (Å²) in [6.45, 7) is 11.2. The molecule has 1 saturated carbocycles. The molecular formula is C26H36N5O3+. The lowest BCUT2D eigenvalue weighted by molar-refractivity contribution is -0.723. The second-order valence-electron chi connectivity index (χ2n) is 10.2. The van der Waals surface area contributed by atoms with Crippen molar-refractivity contribution in [3.05, 3.63) is 41.5 Å². The quantitative estimate of drug-likeness (QED) is 0.356. The van der Waals surface area contributed by atoms with Gasteiger partial charge in [0.15, 0.2) is 12.3 Å². The van der Waals surface area contributed by atoms with Crippen LogP contribution in [0.25, 0.3) is 5.65 Å². The number of nitrogens with zero attached hydrogens (tertiary/aromatic N) is 4. The number of ether oxygens (including phenoxy) is 2. The molecule has 8 nitrogen and oxygen atoms in total. The van der Waals surface area contributed by atoms with Crippen LogP contribution >= 0.6 is 0 Å². The summed E-state index contributed by atoms with van der Waals surface area (Å²) in [6, 6.07) is 9.39. The molecule has 2 N–H and O–H groups in total. The van der Waals surface area contributed by atoms with Gasteiger partial charge in [-0.2, -0.15) is 0 Å². The fourth-order valence-electron chi connectivity index (χ4n) is 3.74. The van der Waals surface area contributed by atoms with Crippen molar-refractivity contribution in [1.82, 2.24) is 14.7 Å². The summed E-state index contributed by atoms with van der Waals surface area (Å²) < 4.78 is 14.9. The smallest absolute Gasteiger partial charge is 0.401 e. The molecular weight excluding hydrogens is 430 g/mol. The first-order chi connectivity index (χ1) is 16.2. The van der Waals surface area contributed by atoms with Gasteiger partial charge in [-0.25, -0.2) is 0 Å². The summed E-state index contributed by atoms with van der Waals surface area (Å²) in [5, 5.41) is 8.96. The number of hydrogen-bond donors (Lipinski definition) is 1. The van der Waals surface area contributed by atoms with Crippen molar-refractivity contribution in [1.29, 1.82) is 0 Å². The number of Topliss-reactive ketones (excluding diaryl/α,β-unsaturated/α-hetero) is 1. The minimum absolute atomic E-state index is 0.00753. The SMILES string of the molecule is CCC(CC)Oc1ccc2n[n+](CC(=O)c3cc(OCC4CC4)cc(C(C)(C)C)c3)c(N)n2n1. The Balaban J connectivity index is 1.58. The molecule has 2 aromatic heterocycles. The van der Waals surface area contributed by atoms with Crippen LogP contribution in [0, 0.1) is 5.92 Å². The second kappa shape index (κ2) is 9.60. The van der Waals surface area contributed by atoms with E-state index in [0.29, 0.717) is 29.6 Å². The third-order valence-corrected chi connectivity index (χ3v) is 6.26. The highest BCUT2D eigenvalue weighted by Crippen LogP contribution is 2.32. The molecule has 0 atom stereocenters. The Bertz CT molecular complexity index is 1170. The molecule has 34 heavy (non-hydrogen) atoms. The van der Waals surface area contributed by atoms with Gasteiger partial charge in [-0.1, -0.05) is 49.3 Å². The molecule has 1 fully saturated rings. The van der Waals surface area contributed by atoms with E-state index in [9.17, 15) is 4.79 Å². The summed E-state index contributed by atoms with van der Waals surface area (Å²) in [7, 11) is 0.